The second kappa shape index (κ2) is 9.21. The molecule has 0 radical (unpaired) electrons. The van der Waals surface area contributed by atoms with Crippen LogP contribution >= 0.6 is 23.2 Å². The Morgan fingerprint density at radius 2 is 2.07 bits per heavy atom. The number of methoxy groups -OCH3 is 1. The smallest absolute Gasteiger partial charge is 0.339 e. The summed E-state index contributed by atoms with van der Waals surface area (Å²) in [5.74, 6) is -1.17. The van der Waals surface area contributed by atoms with E-state index < -0.39 is 17.4 Å². The average molecular weight is 408 g/mol. The predicted octanol–water partition coefficient (Wildman–Crippen LogP) is 2.17. The normalized spacial score (nSPS) is 10.1. The molecule has 9 heteroatoms. The van der Waals surface area contributed by atoms with Crippen molar-refractivity contribution in [2.75, 3.05) is 13.7 Å². The summed E-state index contributed by atoms with van der Waals surface area (Å²) >= 11 is 12.0. The molecule has 0 aliphatic heterocycles. The highest BCUT2D eigenvalue weighted by atomic mass is 35.5. The number of benzene rings is 1. The van der Waals surface area contributed by atoms with Crippen molar-refractivity contribution in [2.24, 2.45) is 0 Å². The third-order valence-corrected chi connectivity index (χ3v) is 4.55. The summed E-state index contributed by atoms with van der Waals surface area (Å²) in [4.78, 5) is 35.9. The quantitative estimate of drug-likeness (QED) is 0.739. The first kappa shape index (κ1) is 20.5. The molecule has 0 saturated heterocycles. The second-order valence-electron chi connectivity index (χ2n) is 5.49. The molecule has 0 unspecified atom stereocenters. The summed E-state index contributed by atoms with van der Waals surface area (Å²) in [5, 5.41) is 12.5. The van der Waals surface area contributed by atoms with Gasteiger partial charge in [0.15, 0.2) is 0 Å². The number of rotatable bonds is 6. The highest BCUT2D eigenvalue weighted by Crippen LogP contribution is 2.25. The van der Waals surface area contributed by atoms with Crippen LogP contribution in [-0.2, 0) is 22.5 Å². The van der Waals surface area contributed by atoms with Gasteiger partial charge >= 0.3 is 5.97 Å². The van der Waals surface area contributed by atoms with Crippen LogP contribution in [0.25, 0.3) is 0 Å². The van der Waals surface area contributed by atoms with Gasteiger partial charge in [-0.25, -0.2) is 4.79 Å². The van der Waals surface area contributed by atoms with Gasteiger partial charge in [-0.05, 0) is 24.1 Å². The number of amides is 1. The van der Waals surface area contributed by atoms with E-state index in [2.05, 4.69) is 10.1 Å². The van der Waals surface area contributed by atoms with Gasteiger partial charge in [0.2, 0.25) is 5.91 Å². The molecular weight excluding hydrogens is 393 g/mol. The van der Waals surface area contributed by atoms with Crippen molar-refractivity contribution in [1.82, 2.24) is 9.88 Å². The Labute approximate surface area is 165 Å². The van der Waals surface area contributed by atoms with Gasteiger partial charge in [0.05, 0.1) is 22.7 Å². The number of nitrogens with one attached hydrogen (secondary N) is 1. The molecule has 1 amide bonds. The van der Waals surface area contributed by atoms with Crippen LogP contribution in [-0.4, -0.2) is 30.1 Å². The van der Waals surface area contributed by atoms with Crippen molar-refractivity contribution in [3.05, 3.63) is 67.6 Å². The Balaban J connectivity index is 2.07. The summed E-state index contributed by atoms with van der Waals surface area (Å²) in [5.41, 5.74) is -0.136. The van der Waals surface area contributed by atoms with Gasteiger partial charge < -0.3 is 14.6 Å². The zero-order valence-corrected chi connectivity index (χ0v) is 15.8. The number of nitrogens with zero attached hydrogens (tertiary/aromatic N) is 2. The van der Waals surface area contributed by atoms with Gasteiger partial charge in [0.1, 0.15) is 18.2 Å². The van der Waals surface area contributed by atoms with Crippen LogP contribution in [0.2, 0.25) is 10.0 Å². The molecule has 0 fully saturated rings. The van der Waals surface area contributed by atoms with Crippen LogP contribution < -0.4 is 10.9 Å². The van der Waals surface area contributed by atoms with Crippen LogP contribution in [0.15, 0.2) is 35.3 Å². The van der Waals surface area contributed by atoms with Gasteiger partial charge in [-0.3, -0.25) is 9.59 Å². The largest absolute Gasteiger partial charge is 0.465 e. The van der Waals surface area contributed by atoms with Gasteiger partial charge in [-0.2, -0.15) is 5.26 Å². The summed E-state index contributed by atoms with van der Waals surface area (Å²) in [6.45, 7) is -0.0724. The van der Waals surface area contributed by atoms with Crippen LogP contribution in [0.4, 0.5) is 0 Å². The number of aromatic nitrogens is 1. The molecule has 1 aromatic carbocycles. The summed E-state index contributed by atoms with van der Waals surface area (Å²) in [6, 6.07) is 8.05. The monoisotopic (exact) mass is 407 g/mol. The maximum Gasteiger partial charge on any atom is 0.339 e. The van der Waals surface area contributed by atoms with E-state index in [1.807, 2.05) is 0 Å². The van der Waals surface area contributed by atoms with E-state index >= 15 is 0 Å². The van der Waals surface area contributed by atoms with Crippen molar-refractivity contribution in [1.29, 1.82) is 5.26 Å². The van der Waals surface area contributed by atoms with Gasteiger partial charge in [0, 0.05) is 12.7 Å². The fraction of sp³-hybridized carbons (Fsp3) is 0.222. The van der Waals surface area contributed by atoms with Crippen molar-refractivity contribution in [2.45, 2.75) is 13.0 Å². The molecule has 2 aromatic rings. The number of ether oxygens (including phenoxy) is 1. The molecule has 1 aromatic heterocycles. The molecule has 0 saturated carbocycles. The minimum absolute atomic E-state index is 0.00663. The third kappa shape index (κ3) is 5.09. The highest BCUT2D eigenvalue weighted by Gasteiger charge is 2.14. The number of esters is 1. The van der Waals surface area contributed by atoms with Crippen molar-refractivity contribution in [3.63, 3.8) is 0 Å². The van der Waals surface area contributed by atoms with Crippen LogP contribution in [0, 0.1) is 11.3 Å². The number of carbonyl (C=O) groups is 2. The zero-order valence-electron chi connectivity index (χ0n) is 14.3. The molecule has 7 nitrogen and oxygen atoms in total. The predicted molar refractivity (Wildman–Crippen MR) is 99.9 cm³/mol. The summed E-state index contributed by atoms with van der Waals surface area (Å²) < 4.78 is 5.58. The average Bonchev–Trinajstić information content (AvgIpc) is 2.66. The molecular formula is C18H15Cl2N3O4. The lowest BCUT2D eigenvalue weighted by Gasteiger charge is -2.10. The lowest BCUT2D eigenvalue weighted by molar-refractivity contribution is -0.121. The van der Waals surface area contributed by atoms with Crippen LogP contribution in [0.5, 0.6) is 0 Å². The van der Waals surface area contributed by atoms with E-state index in [9.17, 15) is 14.4 Å². The molecule has 0 bridgehead atoms. The molecule has 1 heterocycles. The fourth-order valence-corrected chi connectivity index (χ4v) is 2.77. The molecule has 1 N–H and O–H groups in total. The Bertz CT molecular complexity index is 980. The molecule has 0 atom stereocenters. The molecule has 27 heavy (non-hydrogen) atoms. The molecule has 0 aliphatic carbocycles. The molecule has 2 rings (SSSR count). The standard InChI is InChI=1S/C18H15Cl2N3O4/c1-27-18(26)13-7-12(8-21)17(25)23(9-13)10-15(24)22-6-5-11-3-2-4-14(19)16(11)20/h2-4,7,9H,5-6,10H2,1H3,(H,22,24). The van der Waals surface area contributed by atoms with E-state index in [0.717, 1.165) is 16.2 Å². The number of nitriles is 1. The summed E-state index contributed by atoms with van der Waals surface area (Å²) in [6.07, 6.45) is 1.63. The Morgan fingerprint density at radius 3 is 2.74 bits per heavy atom. The van der Waals surface area contributed by atoms with Crippen molar-refractivity contribution in [3.8, 4) is 6.07 Å². The Hall–Kier alpha value is -2.82. The number of hydrogen-bond donors (Lipinski definition) is 1. The van der Waals surface area contributed by atoms with Gasteiger partial charge in [-0.15, -0.1) is 0 Å². The SMILES string of the molecule is COC(=O)c1cc(C#N)c(=O)n(CC(=O)NCCc2cccc(Cl)c2Cl)c1. The van der Waals surface area contributed by atoms with E-state index in [-0.39, 0.29) is 24.2 Å². The molecule has 0 spiro atoms. The Kier molecular flexibility index (Phi) is 6.99. The lowest BCUT2D eigenvalue weighted by atomic mass is 10.1. The minimum Gasteiger partial charge on any atom is -0.465 e. The first-order valence-corrected chi connectivity index (χ1v) is 8.55. The van der Waals surface area contributed by atoms with E-state index in [1.165, 1.54) is 13.3 Å². The lowest BCUT2D eigenvalue weighted by Crippen LogP contribution is -2.34. The topological polar surface area (TPSA) is 101 Å². The fourth-order valence-electron chi connectivity index (χ4n) is 2.35. The van der Waals surface area contributed by atoms with Gasteiger partial charge in [0.25, 0.3) is 5.56 Å². The van der Waals surface area contributed by atoms with E-state index in [4.69, 9.17) is 28.5 Å². The maximum atomic E-state index is 12.2. The van der Waals surface area contributed by atoms with Crippen molar-refractivity contribution < 1.29 is 14.3 Å². The first-order valence-electron chi connectivity index (χ1n) is 7.80. The van der Waals surface area contributed by atoms with E-state index in [1.54, 1.807) is 24.3 Å². The van der Waals surface area contributed by atoms with Crippen LogP contribution in [0.3, 0.4) is 0 Å². The maximum absolute atomic E-state index is 12.2. The third-order valence-electron chi connectivity index (χ3n) is 3.69. The highest BCUT2D eigenvalue weighted by molar-refractivity contribution is 6.42. The zero-order chi connectivity index (χ0) is 20.0. The minimum atomic E-state index is -0.712. The van der Waals surface area contributed by atoms with Gasteiger partial charge in [-0.1, -0.05) is 35.3 Å². The van der Waals surface area contributed by atoms with Crippen LogP contribution in [0.1, 0.15) is 21.5 Å². The summed E-state index contributed by atoms with van der Waals surface area (Å²) in [7, 11) is 1.18. The number of pyridine rings is 1. The number of hydrogen-bond acceptors (Lipinski definition) is 5. The first-order chi connectivity index (χ1) is 12.9. The molecule has 140 valence electrons. The number of carbonyl (C=O) groups excluding carboxylic acids is 2. The molecule has 0 aliphatic rings. The second-order valence-corrected chi connectivity index (χ2v) is 6.28. The van der Waals surface area contributed by atoms with E-state index in [0.29, 0.717) is 16.5 Å². The number of halogens is 2. The Morgan fingerprint density at radius 1 is 1.33 bits per heavy atom. The van der Waals surface area contributed by atoms with Crippen molar-refractivity contribution >= 4 is 35.1 Å².